The first-order valence-electron chi connectivity index (χ1n) is 8.69. The van der Waals surface area contributed by atoms with E-state index in [0.717, 1.165) is 29.4 Å². The second-order valence-corrected chi connectivity index (χ2v) is 11.9. The van der Waals surface area contributed by atoms with Crippen molar-refractivity contribution in [2.75, 3.05) is 0 Å². The topological polar surface area (TPSA) is 39.2 Å². The minimum atomic E-state index is -0.529. The van der Waals surface area contributed by atoms with Gasteiger partial charge in [-0.3, -0.25) is 4.79 Å². The normalized spacial score (nSPS) is 31.9. The molecular weight excluding hydrogens is 526 g/mol. The number of ether oxygens (including phenoxy) is 1. The van der Waals surface area contributed by atoms with E-state index in [-0.39, 0.29) is 25.4 Å². The predicted molar refractivity (Wildman–Crippen MR) is 114 cm³/mol. The number of pyridine rings is 1. The monoisotopic (exact) mass is 543 g/mol. The average Bonchev–Trinajstić information content (AvgIpc) is 3.05. The molecule has 3 saturated carbocycles. The number of aromatic nitrogens is 1. The third kappa shape index (κ3) is 2.10. The minimum Gasteiger partial charge on any atom is -0.424 e. The van der Waals surface area contributed by atoms with Crippen LogP contribution in [0.25, 0.3) is 10.9 Å². The Labute approximate surface area is 178 Å². The van der Waals surface area contributed by atoms with Crippen LogP contribution in [0.4, 0.5) is 0 Å². The van der Waals surface area contributed by atoms with Gasteiger partial charge in [-0.1, -0.05) is 79.8 Å². The Balaban J connectivity index is 1.72. The second kappa shape index (κ2) is 6.02. The van der Waals surface area contributed by atoms with Gasteiger partial charge in [0.15, 0.2) is 5.75 Å². The lowest BCUT2D eigenvalue weighted by molar-refractivity contribution is -0.176. The van der Waals surface area contributed by atoms with Crippen LogP contribution in [0.2, 0.25) is 0 Å². The van der Waals surface area contributed by atoms with Gasteiger partial charge in [0.1, 0.15) is 5.52 Å². The van der Waals surface area contributed by atoms with E-state index in [1.54, 1.807) is 0 Å². The zero-order valence-corrected chi connectivity index (χ0v) is 19.6. The summed E-state index contributed by atoms with van der Waals surface area (Å²) in [5.41, 5.74) is 0.918. The number of halogens is 3. The maximum absolute atomic E-state index is 13.4. The molecular formula is C20H20Br3NO2. The van der Waals surface area contributed by atoms with Gasteiger partial charge in [-0.05, 0) is 37.3 Å². The fourth-order valence-corrected chi connectivity index (χ4v) is 10.0. The quantitative estimate of drug-likeness (QED) is 0.264. The molecule has 3 aliphatic carbocycles. The van der Waals surface area contributed by atoms with Gasteiger partial charge in [-0.15, -0.1) is 0 Å². The average molecular weight is 546 g/mol. The molecule has 3 aliphatic rings. The molecule has 2 bridgehead atoms. The van der Waals surface area contributed by atoms with Gasteiger partial charge < -0.3 is 4.74 Å². The van der Waals surface area contributed by atoms with Crippen molar-refractivity contribution in [3.63, 3.8) is 0 Å². The van der Waals surface area contributed by atoms with E-state index in [2.05, 4.69) is 66.6 Å². The van der Waals surface area contributed by atoms with Crippen molar-refractivity contribution < 1.29 is 9.53 Å². The Bertz CT molecular complexity index is 913. The summed E-state index contributed by atoms with van der Waals surface area (Å²) in [4.78, 5) is 18.0. The smallest absolute Gasteiger partial charge is 0.319 e. The number of hydrogen-bond donors (Lipinski definition) is 0. The maximum Gasteiger partial charge on any atom is 0.319 e. The highest BCUT2D eigenvalue weighted by Crippen LogP contribution is 2.82. The lowest BCUT2D eigenvalue weighted by Gasteiger charge is -2.65. The molecule has 1 aromatic carbocycles. The number of aryl methyl sites for hydroxylation is 1. The van der Waals surface area contributed by atoms with Gasteiger partial charge in [-0.25, -0.2) is 4.98 Å². The van der Waals surface area contributed by atoms with Crippen LogP contribution in [-0.2, 0) is 4.79 Å². The van der Waals surface area contributed by atoms with Crippen molar-refractivity contribution in [1.82, 2.24) is 4.98 Å². The number of rotatable bonds is 3. The molecule has 6 heteroatoms. The molecule has 5 rings (SSSR count). The number of carbonyl (C=O) groups excluding carboxylic acids is 1. The number of fused-ring (bicyclic) bond motifs is 2. The van der Waals surface area contributed by atoms with E-state index >= 15 is 0 Å². The Morgan fingerprint density at radius 2 is 1.96 bits per heavy atom. The van der Waals surface area contributed by atoms with Crippen LogP contribution >= 0.6 is 47.8 Å². The van der Waals surface area contributed by atoms with Gasteiger partial charge >= 0.3 is 5.97 Å². The highest BCUT2D eigenvalue weighted by Gasteiger charge is 2.84. The summed E-state index contributed by atoms with van der Waals surface area (Å²) < 4.78 is 6.12. The SMILES string of the molecule is Cc1ccc2cccc(OC(=O)C34CCC(C(Br)Br)(C3Br)C4(C)C)c2n1. The molecule has 2 aromatic rings. The van der Waals surface area contributed by atoms with Crippen LogP contribution in [0.1, 0.15) is 32.4 Å². The van der Waals surface area contributed by atoms with Gasteiger partial charge in [0.05, 0.1) is 9.15 Å². The number of hydrogen-bond acceptors (Lipinski definition) is 3. The highest BCUT2D eigenvalue weighted by atomic mass is 79.9. The van der Waals surface area contributed by atoms with Gasteiger partial charge in [0.2, 0.25) is 0 Å². The number of esters is 1. The molecule has 0 N–H and O–H groups in total. The van der Waals surface area contributed by atoms with E-state index in [0.29, 0.717) is 5.75 Å². The molecule has 3 atom stereocenters. The third-order valence-electron chi connectivity index (χ3n) is 6.88. The molecule has 1 aromatic heterocycles. The van der Waals surface area contributed by atoms with Crippen molar-refractivity contribution in [3.8, 4) is 5.75 Å². The van der Waals surface area contributed by atoms with E-state index in [9.17, 15) is 4.79 Å². The van der Waals surface area contributed by atoms with Crippen LogP contribution in [-0.4, -0.2) is 19.5 Å². The Hall–Kier alpha value is -0.460. The summed E-state index contributed by atoms with van der Waals surface area (Å²) in [5.74, 6) is 0.383. The largest absolute Gasteiger partial charge is 0.424 e. The van der Waals surface area contributed by atoms with E-state index in [1.165, 1.54) is 0 Å². The fraction of sp³-hybridized carbons (Fsp3) is 0.500. The van der Waals surface area contributed by atoms with Crippen LogP contribution < -0.4 is 4.74 Å². The molecule has 1 heterocycles. The van der Waals surface area contributed by atoms with Crippen LogP contribution in [0.3, 0.4) is 0 Å². The number of benzene rings is 1. The number of alkyl halides is 3. The third-order valence-corrected chi connectivity index (χ3v) is 10.1. The van der Waals surface area contributed by atoms with Crippen molar-refractivity contribution in [2.45, 2.75) is 42.2 Å². The van der Waals surface area contributed by atoms with Gasteiger partial charge in [0, 0.05) is 21.3 Å². The zero-order chi connectivity index (χ0) is 18.9. The fourth-order valence-electron chi connectivity index (χ4n) is 5.14. The molecule has 3 fully saturated rings. The summed E-state index contributed by atoms with van der Waals surface area (Å²) in [5, 5.41) is 0.975. The Morgan fingerprint density at radius 3 is 2.58 bits per heavy atom. The maximum atomic E-state index is 13.4. The van der Waals surface area contributed by atoms with Gasteiger partial charge in [-0.2, -0.15) is 0 Å². The van der Waals surface area contributed by atoms with Crippen molar-refractivity contribution in [3.05, 3.63) is 36.0 Å². The molecule has 138 valence electrons. The molecule has 0 spiro atoms. The first-order valence-corrected chi connectivity index (χ1v) is 11.4. The zero-order valence-electron chi connectivity index (χ0n) is 14.9. The van der Waals surface area contributed by atoms with Crippen LogP contribution in [0.15, 0.2) is 30.3 Å². The molecule has 0 amide bonds. The summed E-state index contributed by atoms with van der Waals surface area (Å²) >= 11 is 11.3. The van der Waals surface area contributed by atoms with E-state index in [4.69, 9.17) is 4.74 Å². The lowest BCUT2D eigenvalue weighted by Crippen LogP contribution is -2.71. The molecule has 0 radical (unpaired) electrons. The first kappa shape index (κ1) is 18.9. The highest BCUT2D eigenvalue weighted by molar-refractivity contribution is 9.24. The van der Waals surface area contributed by atoms with Crippen molar-refractivity contribution >= 4 is 64.7 Å². The predicted octanol–water partition coefficient (Wildman–Crippen LogP) is 6.13. The van der Waals surface area contributed by atoms with E-state index in [1.807, 2.05) is 37.3 Å². The molecule has 3 unspecified atom stereocenters. The van der Waals surface area contributed by atoms with Crippen LogP contribution in [0.5, 0.6) is 5.75 Å². The summed E-state index contributed by atoms with van der Waals surface area (Å²) in [6, 6.07) is 9.70. The second-order valence-electron chi connectivity index (χ2n) is 7.97. The first-order chi connectivity index (χ1) is 12.2. The Morgan fingerprint density at radius 1 is 1.23 bits per heavy atom. The standard InChI is InChI=1S/C20H20Br3NO2/c1-11-7-8-12-5-4-6-13(14(12)24-11)26-17(25)20-10-9-19(15(20)21,16(22)23)18(20,2)3/h4-8,15-16H,9-10H2,1-3H3. The number of para-hydroxylation sites is 1. The molecule has 0 aliphatic heterocycles. The van der Waals surface area contributed by atoms with E-state index < -0.39 is 5.41 Å². The lowest BCUT2D eigenvalue weighted by atomic mass is 9.43. The van der Waals surface area contributed by atoms with Gasteiger partial charge in [0.25, 0.3) is 0 Å². The minimum absolute atomic E-state index is 0.0143. The van der Waals surface area contributed by atoms with Crippen molar-refractivity contribution in [2.24, 2.45) is 16.2 Å². The molecule has 0 saturated heterocycles. The molecule has 26 heavy (non-hydrogen) atoms. The summed E-state index contributed by atoms with van der Waals surface area (Å²) in [6.45, 7) is 6.30. The molecule has 3 nitrogen and oxygen atoms in total. The number of nitrogens with zero attached hydrogens (tertiary/aromatic N) is 1. The van der Waals surface area contributed by atoms with Crippen LogP contribution in [0, 0.1) is 23.2 Å². The van der Waals surface area contributed by atoms with Crippen molar-refractivity contribution in [1.29, 1.82) is 0 Å². The number of carbonyl (C=O) groups is 1. The summed E-state index contributed by atoms with van der Waals surface area (Å²) in [6.07, 6.45) is 1.79. The summed E-state index contributed by atoms with van der Waals surface area (Å²) in [7, 11) is 0. The Kier molecular flexibility index (Phi) is 4.37.